The van der Waals surface area contributed by atoms with Crippen molar-refractivity contribution < 1.29 is 14.4 Å². The lowest BCUT2D eigenvalue weighted by atomic mass is 9.84. The van der Waals surface area contributed by atoms with E-state index in [0.717, 1.165) is 18.4 Å². The second kappa shape index (κ2) is 12.5. The van der Waals surface area contributed by atoms with Crippen LogP contribution in [0.2, 0.25) is 0 Å². The van der Waals surface area contributed by atoms with Crippen molar-refractivity contribution in [3.05, 3.63) is 35.9 Å². The Balaban J connectivity index is 2.05. The summed E-state index contributed by atoms with van der Waals surface area (Å²) in [6.07, 6.45) is 7.25. The summed E-state index contributed by atoms with van der Waals surface area (Å²) in [7, 11) is 3.44. The standard InChI is InChI=1S/C25H39N3O3/c1-18(2)15-21(26-23(29)17-20-13-9-6-10-14-20)24(30)27-22(25(31)28(3)4)16-19-11-7-5-8-12-19/h6,9-10,13-14,18-19,21-22H,5,7-8,11-12,15-17H2,1-4H3,(H,26,29)(H,27,30)/t21-,22-/m0/s1. The van der Waals surface area contributed by atoms with Crippen LogP contribution in [0, 0.1) is 11.8 Å². The van der Waals surface area contributed by atoms with E-state index in [1.165, 1.54) is 19.3 Å². The van der Waals surface area contributed by atoms with E-state index in [1.54, 1.807) is 19.0 Å². The third-order valence-electron chi connectivity index (χ3n) is 5.92. The lowest BCUT2D eigenvalue weighted by molar-refractivity contribution is -0.136. The third kappa shape index (κ3) is 8.72. The van der Waals surface area contributed by atoms with E-state index in [9.17, 15) is 14.4 Å². The maximum Gasteiger partial charge on any atom is 0.244 e. The van der Waals surface area contributed by atoms with Gasteiger partial charge in [0.15, 0.2) is 0 Å². The van der Waals surface area contributed by atoms with Crippen molar-refractivity contribution >= 4 is 17.7 Å². The average Bonchev–Trinajstić information content (AvgIpc) is 2.73. The van der Waals surface area contributed by atoms with Gasteiger partial charge in [-0.3, -0.25) is 14.4 Å². The molecule has 0 aliphatic heterocycles. The molecule has 2 atom stereocenters. The van der Waals surface area contributed by atoms with Crippen LogP contribution >= 0.6 is 0 Å². The van der Waals surface area contributed by atoms with Crippen LogP contribution in [0.1, 0.15) is 64.4 Å². The van der Waals surface area contributed by atoms with Crippen molar-refractivity contribution in [2.24, 2.45) is 11.8 Å². The molecular weight excluding hydrogens is 390 g/mol. The van der Waals surface area contributed by atoms with Crippen molar-refractivity contribution in [1.29, 1.82) is 0 Å². The first kappa shape index (κ1) is 24.9. The fraction of sp³-hybridized carbons (Fsp3) is 0.640. The minimum atomic E-state index is -0.653. The van der Waals surface area contributed by atoms with Crippen LogP contribution in [0.4, 0.5) is 0 Å². The fourth-order valence-electron chi connectivity index (χ4n) is 4.29. The first-order valence-corrected chi connectivity index (χ1v) is 11.6. The highest BCUT2D eigenvalue weighted by Crippen LogP contribution is 2.27. The highest BCUT2D eigenvalue weighted by Gasteiger charge is 2.30. The van der Waals surface area contributed by atoms with E-state index in [1.807, 2.05) is 44.2 Å². The molecule has 31 heavy (non-hydrogen) atoms. The van der Waals surface area contributed by atoms with Gasteiger partial charge in [0.1, 0.15) is 12.1 Å². The summed E-state index contributed by atoms with van der Waals surface area (Å²) in [6, 6.07) is 8.28. The third-order valence-corrected chi connectivity index (χ3v) is 5.92. The zero-order valence-corrected chi connectivity index (χ0v) is 19.5. The smallest absolute Gasteiger partial charge is 0.244 e. The predicted molar refractivity (Wildman–Crippen MR) is 123 cm³/mol. The van der Waals surface area contributed by atoms with Crippen molar-refractivity contribution in [3.63, 3.8) is 0 Å². The van der Waals surface area contributed by atoms with Crippen molar-refractivity contribution in [3.8, 4) is 0 Å². The number of nitrogens with zero attached hydrogens (tertiary/aromatic N) is 1. The summed E-state index contributed by atoms with van der Waals surface area (Å²) >= 11 is 0. The summed E-state index contributed by atoms with van der Waals surface area (Å²) in [5.41, 5.74) is 0.904. The second-order valence-electron chi connectivity index (χ2n) is 9.45. The van der Waals surface area contributed by atoms with E-state index in [4.69, 9.17) is 0 Å². The molecule has 0 radical (unpaired) electrons. The quantitative estimate of drug-likeness (QED) is 0.599. The van der Waals surface area contributed by atoms with Gasteiger partial charge in [0.25, 0.3) is 0 Å². The van der Waals surface area contributed by atoms with E-state index >= 15 is 0 Å². The van der Waals surface area contributed by atoms with E-state index in [-0.39, 0.29) is 30.1 Å². The number of carbonyl (C=O) groups excluding carboxylic acids is 3. The van der Waals surface area contributed by atoms with Gasteiger partial charge in [-0.25, -0.2) is 0 Å². The first-order chi connectivity index (χ1) is 14.8. The number of nitrogens with one attached hydrogen (secondary N) is 2. The number of amides is 3. The molecule has 6 nitrogen and oxygen atoms in total. The minimum Gasteiger partial charge on any atom is -0.347 e. The van der Waals surface area contributed by atoms with Crippen molar-refractivity contribution in [2.75, 3.05) is 14.1 Å². The van der Waals surface area contributed by atoms with Gasteiger partial charge in [-0.05, 0) is 30.2 Å². The Morgan fingerprint density at radius 1 is 0.968 bits per heavy atom. The van der Waals surface area contributed by atoms with Gasteiger partial charge in [0.05, 0.1) is 6.42 Å². The van der Waals surface area contributed by atoms with E-state index in [0.29, 0.717) is 18.8 Å². The molecule has 2 N–H and O–H groups in total. The molecule has 1 saturated carbocycles. The van der Waals surface area contributed by atoms with Gasteiger partial charge < -0.3 is 15.5 Å². The predicted octanol–water partition coefficient (Wildman–Crippen LogP) is 3.30. The molecule has 1 fully saturated rings. The lowest BCUT2D eigenvalue weighted by Crippen LogP contribution is -2.54. The minimum absolute atomic E-state index is 0.0853. The van der Waals surface area contributed by atoms with Gasteiger partial charge in [-0.1, -0.05) is 76.3 Å². The molecule has 1 aliphatic rings. The normalized spacial score (nSPS) is 16.4. The number of hydrogen-bond donors (Lipinski definition) is 2. The molecule has 1 aromatic carbocycles. The molecule has 6 heteroatoms. The number of likely N-dealkylation sites (N-methyl/N-ethyl adjacent to an activating group) is 1. The molecule has 172 valence electrons. The zero-order valence-electron chi connectivity index (χ0n) is 19.5. The number of benzene rings is 1. The Bertz CT molecular complexity index is 712. The van der Waals surface area contributed by atoms with Crippen LogP contribution in [-0.4, -0.2) is 48.8 Å². The zero-order chi connectivity index (χ0) is 22.8. The number of hydrogen-bond acceptors (Lipinski definition) is 3. The maximum absolute atomic E-state index is 13.1. The Kier molecular flexibility index (Phi) is 10.0. The van der Waals surface area contributed by atoms with Crippen LogP contribution in [0.15, 0.2) is 30.3 Å². The van der Waals surface area contributed by atoms with Crippen LogP contribution < -0.4 is 10.6 Å². The molecule has 0 heterocycles. The molecular formula is C25H39N3O3. The summed E-state index contributed by atoms with van der Waals surface area (Å²) in [5.74, 6) is 0.145. The highest BCUT2D eigenvalue weighted by molar-refractivity contribution is 5.92. The Morgan fingerprint density at radius 2 is 1.61 bits per heavy atom. The summed E-state index contributed by atoms with van der Waals surface area (Å²) < 4.78 is 0. The maximum atomic E-state index is 13.1. The number of rotatable bonds is 10. The van der Waals surface area contributed by atoms with Gasteiger partial charge in [0, 0.05) is 14.1 Å². The summed E-state index contributed by atoms with van der Waals surface area (Å²) in [6.45, 7) is 4.04. The molecule has 0 aromatic heterocycles. The van der Waals surface area contributed by atoms with E-state index < -0.39 is 12.1 Å². The molecule has 1 aliphatic carbocycles. The molecule has 3 amide bonds. The molecule has 0 spiro atoms. The van der Waals surface area contributed by atoms with Gasteiger partial charge in [0.2, 0.25) is 17.7 Å². The molecule has 1 aromatic rings. The van der Waals surface area contributed by atoms with Gasteiger partial charge in [-0.2, -0.15) is 0 Å². The average molecular weight is 430 g/mol. The SMILES string of the molecule is CC(C)C[C@H](NC(=O)Cc1ccccc1)C(=O)N[C@@H](CC1CCCCC1)C(=O)N(C)C. The monoisotopic (exact) mass is 429 g/mol. The fourth-order valence-corrected chi connectivity index (χ4v) is 4.29. The topological polar surface area (TPSA) is 78.5 Å². The Labute approximate surface area is 187 Å². The number of carbonyl (C=O) groups is 3. The first-order valence-electron chi connectivity index (χ1n) is 11.6. The molecule has 2 rings (SSSR count). The molecule has 0 bridgehead atoms. The van der Waals surface area contributed by atoms with E-state index in [2.05, 4.69) is 10.6 Å². The summed E-state index contributed by atoms with van der Waals surface area (Å²) in [4.78, 5) is 40.1. The lowest BCUT2D eigenvalue weighted by Gasteiger charge is -2.30. The second-order valence-corrected chi connectivity index (χ2v) is 9.45. The van der Waals surface area contributed by atoms with Crippen molar-refractivity contribution in [2.45, 2.75) is 77.3 Å². The largest absolute Gasteiger partial charge is 0.347 e. The van der Waals surface area contributed by atoms with Gasteiger partial charge in [-0.15, -0.1) is 0 Å². The highest BCUT2D eigenvalue weighted by atomic mass is 16.2. The van der Waals surface area contributed by atoms with Crippen LogP contribution in [0.5, 0.6) is 0 Å². The Morgan fingerprint density at radius 3 is 2.19 bits per heavy atom. The molecule has 0 saturated heterocycles. The van der Waals surface area contributed by atoms with Gasteiger partial charge >= 0.3 is 0 Å². The van der Waals surface area contributed by atoms with Crippen LogP contribution in [0.3, 0.4) is 0 Å². The van der Waals surface area contributed by atoms with Crippen LogP contribution in [-0.2, 0) is 20.8 Å². The molecule has 0 unspecified atom stereocenters. The van der Waals surface area contributed by atoms with Crippen molar-refractivity contribution in [1.82, 2.24) is 15.5 Å². The van der Waals surface area contributed by atoms with Crippen LogP contribution in [0.25, 0.3) is 0 Å². The summed E-state index contributed by atoms with van der Waals surface area (Å²) in [5, 5.41) is 5.87. The Hall–Kier alpha value is -2.37.